The smallest absolute Gasteiger partial charge is 0.408 e. The summed E-state index contributed by atoms with van der Waals surface area (Å²) in [7, 11) is 3.07. The molecule has 6 heteroatoms. The van der Waals surface area contributed by atoms with E-state index in [1.54, 1.807) is 46.1 Å². The molecule has 1 N–H and O–H groups in total. The van der Waals surface area contributed by atoms with Crippen LogP contribution in [0, 0.1) is 0 Å². The molecule has 0 aliphatic rings. The van der Waals surface area contributed by atoms with Crippen LogP contribution in [-0.2, 0) is 9.53 Å². The maximum absolute atomic E-state index is 12.0. The van der Waals surface area contributed by atoms with E-state index in [0.29, 0.717) is 17.1 Å². The number of hydrogen-bond acceptors (Lipinski definition) is 5. The topological polar surface area (TPSA) is 73.9 Å². The quantitative estimate of drug-likeness (QED) is 0.818. The first kappa shape index (κ1) is 17.8. The summed E-state index contributed by atoms with van der Waals surface area (Å²) in [6.07, 6.45) is 0.244. The van der Waals surface area contributed by atoms with E-state index < -0.39 is 17.7 Å². The maximum Gasteiger partial charge on any atom is 0.408 e. The number of amides is 1. The van der Waals surface area contributed by atoms with E-state index in [-0.39, 0.29) is 6.42 Å². The minimum absolute atomic E-state index is 0.1000. The van der Waals surface area contributed by atoms with E-state index in [9.17, 15) is 9.59 Å². The van der Waals surface area contributed by atoms with Crippen molar-refractivity contribution in [2.24, 2.45) is 0 Å². The molecule has 0 heterocycles. The van der Waals surface area contributed by atoms with Crippen molar-refractivity contribution in [1.29, 1.82) is 0 Å². The molecule has 0 spiro atoms. The Kier molecular flexibility index (Phi) is 6.22. The highest BCUT2D eigenvalue weighted by molar-refractivity contribution is 5.69. The van der Waals surface area contributed by atoms with Gasteiger partial charge in [-0.25, -0.2) is 4.79 Å². The standard InChI is InChI=1S/C16H23NO5/c1-16(2,3)22-15(19)17-13(8-9-18)12-10-11(20-4)6-7-14(12)21-5/h6-7,9-10,13H,8H2,1-5H3,(H,17,19)/t13-/m0/s1. The lowest BCUT2D eigenvalue weighted by molar-refractivity contribution is -0.108. The summed E-state index contributed by atoms with van der Waals surface area (Å²) in [4.78, 5) is 22.9. The third kappa shape index (κ3) is 5.27. The molecule has 0 aliphatic carbocycles. The van der Waals surface area contributed by atoms with Gasteiger partial charge in [0.1, 0.15) is 23.4 Å². The van der Waals surface area contributed by atoms with Gasteiger partial charge in [-0.15, -0.1) is 0 Å². The summed E-state index contributed by atoms with van der Waals surface area (Å²) in [5.74, 6) is 1.17. The fraction of sp³-hybridized carbons (Fsp3) is 0.500. The molecular weight excluding hydrogens is 286 g/mol. The van der Waals surface area contributed by atoms with E-state index in [1.807, 2.05) is 0 Å². The Hall–Kier alpha value is -2.24. The van der Waals surface area contributed by atoms with Crippen molar-refractivity contribution in [1.82, 2.24) is 5.32 Å². The second-order valence-electron chi connectivity index (χ2n) is 5.71. The molecule has 1 aromatic carbocycles. The van der Waals surface area contributed by atoms with E-state index in [0.717, 1.165) is 6.29 Å². The zero-order valence-corrected chi connectivity index (χ0v) is 13.6. The Morgan fingerprint density at radius 3 is 2.45 bits per heavy atom. The van der Waals surface area contributed by atoms with Gasteiger partial charge in [0.15, 0.2) is 0 Å². The van der Waals surface area contributed by atoms with Crippen LogP contribution in [0.15, 0.2) is 18.2 Å². The number of aldehydes is 1. The second-order valence-corrected chi connectivity index (χ2v) is 5.71. The predicted octanol–water partition coefficient (Wildman–Crippen LogP) is 2.86. The first-order chi connectivity index (χ1) is 10.3. The average molecular weight is 309 g/mol. The third-order valence-electron chi connectivity index (χ3n) is 2.84. The van der Waals surface area contributed by atoms with Crippen molar-refractivity contribution in [3.8, 4) is 11.5 Å². The second kappa shape index (κ2) is 7.68. The van der Waals surface area contributed by atoms with Crippen LogP contribution in [0.5, 0.6) is 11.5 Å². The van der Waals surface area contributed by atoms with Gasteiger partial charge < -0.3 is 24.3 Å². The van der Waals surface area contributed by atoms with Crippen LogP contribution < -0.4 is 14.8 Å². The molecule has 0 radical (unpaired) electrons. The van der Waals surface area contributed by atoms with Crippen molar-refractivity contribution in [3.05, 3.63) is 23.8 Å². The molecule has 0 saturated carbocycles. The lowest BCUT2D eigenvalue weighted by Crippen LogP contribution is -2.35. The predicted molar refractivity (Wildman–Crippen MR) is 82.3 cm³/mol. The van der Waals surface area contributed by atoms with Gasteiger partial charge in [0.05, 0.1) is 20.3 Å². The van der Waals surface area contributed by atoms with Crippen molar-refractivity contribution >= 4 is 12.4 Å². The molecule has 0 aromatic heterocycles. The lowest BCUT2D eigenvalue weighted by Gasteiger charge is -2.24. The van der Waals surface area contributed by atoms with Gasteiger partial charge in [0, 0.05) is 12.0 Å². The van der Waals surface area contributed by atoms with E-state index in [1.165, 1.54) is 7.11 Å². The number of rotatable bonds is 6. The van der Waals surface area contributed by atoms with Crippen LogP contribution in [0.25, 0.3) is 0 Å². The summed E-state index contributed by atoms with van der Waals surface area (Å²) in [5, 5.41) is 2.69. The van der Waals surface area contributed by atoms with Crippen molar-refractivity contribution in [2.75, 3.05) is 14.2 Å². The van der Waals surface area contributed by atoms with E-state index >= 15 is 0 Å². The largest absolute Gasteiger partial charge is 0.497 e. The Labute approximate surface area is 130 Å². The van der Waals surface area contributed by atoms with Crippen molar-refractivity contribution in [2.45, 2.75) is 38.8 Å². The van der Waals surface area contributed by atoms with Crippen LogP contribution in [0.4, 0.5) is 4.79 Å². The minimum atomic E-state index is -0.617. The highest BCUT2D eigenvalue weighted by Crippen LogP contribution is 2.31. The first-order valence-corrected chi connectivity index (χ1v) is 6.95. The molecular formula is C16H23NO5. The number of methoxy groups -OCH3 is 2. The average Bonchev–Trinajstić information content (AvgIpc) is 2.44. The third-order valence-corrected chi connectivity index (χ3v) is 2.84. The molecule has 1 rings (SSSR count). The zero-order valence-electron chi connectivity index (χ0n) is 13.6. The van der Waals surface area contributed by atoms with Crippen LogP contribution in [0.1, 0.15) is 38.8 Å². The van der Waals surface area contributed by atoms with Gasteiger partial charge in [0.25, 0.3) is 0 Å². The molecule has 1 amide bonds. The fourth-order valence-electron chi connectivity index (χ4n) is 1.92. The number of nitrogens with one attached hydrogen (secondary N) is 1. The molecule has 0 aliphatic heterocycles. The Balaban J connectivity index is 3.04. The molecule has 0 fully saturated rings. The SMILES string of the molecule is COc1ccc(OC)c([C@H](CC=O)NC(=O)OC(C)(C)C)c1. The number of carbonyl (C=O) groups is 2. The van der Waals surface area contributed by atoms with Crippen LogP contribution in [0.3, 0.4) is 0 Å². The van der Waals surface area contributed by atoms with Crippen LogP contribution in [0.2, 0.25) is 0 Å². The minimum Gasteiger partial charge on any atom is -0.497 e. The molecule has 0 unspecified atom stereocenters. The number of benzene rings is 1. The summed E-state index contributed by atoms with van der Waals surface area (Å²) in [6, 6.07) is 4.64. The van der Waals surface area contributed by atoms with E-state index in [2.05, 4.69) is 5.32 Å². The summed E-state index contributed by atoms with van der Waals surface area (Å²) < 4.78 is 15.7. The molecule has 22 heavy (non-hydrogen) atoms. The molecule has 0 saturated heterocycles. The Morgan fingerprint density at radius 1 is 1.27 bits per heavy atom. The van der Waals surface area contributed by atoms with Gasteiger partial charge in [-0.05, 0) is 39.0 Å². The number of alkyl carbamates (subject to hydrolysis) is 1. The van der Waals surface area contributed by atoms with Gasteiger partial charge in [-0.1, -0.05) is 0 Å². The van der Waals surface area contributed by atoms with E-state index in [4.69, 9.17) is 14.2 Å². The molecule has 6 nitrogen and oxygen atoms in total. The monoisotopic (exact) mass is 309 g/mol. The molecule has 122 valence electrons. The summed E-state index contributed by atoms with van der Waals surface area (Å²) in [5.41, 5.74) is 0.0358. The van der Waals surface area contributed by atoms with Gasteiger partial charge >= 0.3 is 6.09 Å². The van der Waals surface area contributed by atoms with Crippen LogP contribution >= 0.6 is 0 Å². The van der Waals surface area contributed by atoms with Gasteiger partial charge in [0.2, 0.25) is 0 Å². The van der Waals surface area contributed by atoms with Crippen molar-refractivity contribution in [3.63, 3.8) is 0 Å². The summed E-state index contributed by atoms with van der Waals surface area (Å²) in [6.45, 7) is 5.31. The fourth-order valence-corrected chi connectivity index (χ4v) is 1.92. The maximum atomic E-state index is 12.0. The number of hydrogen-bond donors (Lipinski definition) is 1. The molecule has 1 atom stereocenters. The zero-order chi connectivity index (χ0) is 16.8. The Bertz CT molecular complexity index is 522. The van der Waals surface area contributed by atoms with Crippen molar-refractivity contribution < 1.29 is 23.8 Å². The highest BCUT2D eigenvalue weighted by Gasteiger charge is 2.23. The number of ether oxygens (including phenoxy) is 3. The number of carbonyl (C=O) groups excluding carboxylic acids is 2. The van der Waals surface area contributed by atoms with Gasteiger partial charge in [-0.3, -0.25) is 0 Å². The molecule has 0 bridgehead atoms. The highest BCUT2D eigenvalue weighted by atomic mass is 16.6. The molecule has 1 aromatic rings. The lowest BCUT2D eigenvalue weighted by atomic mass is 10.0. The Morgan fingerprint density at radius 2 is 1.95 bits per heavy atom. The van der Waals surface area contributed by atoms with Crippen LogP contribution in [-0.4, -0.2) is 32.2 Å². The normalized spacial score (nSPS) is 12.2. The first-order valence-electron chi connectivity index (χ1n) is 6.95. The van der Waals surface area contributed by atoms with Gasteiger partial charge in [-0.2, -0.15) is 0 Å². The summed E-state index contributed by atoms with van der Waals surface area (Å²) >= 11 is 0.